The molecule has 4 nitrogen and oxygen atoms in total. The van der Waals surface area contributed by atoms with E-state index in [-0.39, 0.29) is 29.7 Å². The number of hydrogen-bond donors (Lipinski definition) is 2. The summed E-state index contributed by atoms with van der Waals surface area (Å²) in [5.41, 5.74) is -0.349. The van der Waals surface area contributed by atoms with E-state index in [2.05, 4.69) is 5.32 Å². The lowest BCUT2D eigenvalue weighted by Crippen LogP contribution is -2.43. The molecule has 0 bridgehead atoms. The molecular weight excluding hydrogens is 218 g/mol. The Labute approximate surface area is 103 Å². The summed E-state index contributed by atoms with van der Waals surface area (Å²) in [5.74, 6) is -0.346. The fourth-order valence-electron chi connectivity index (χ4n) is 2.16. The second-order valence-corrected chi connectivity index (χ2v) is 6.04. The summed E-state index contributed by atoms with van der Waals surface area (Å²) in [6, 6.07) is 0.228. The zero-order valence-electron chi connectivity index (χ0n) is 11.0. The minimum absolute atomic E-state index is 0.0826. The van der Waals surface area contributed by atoms with Gasteiger partial charge in [-0.1, -0.05) is 20.8 Å². The molecule has 0 heterocycles. The molecular formula is C13H23NO3. The summed E-state index contributed by atoms with van der Waals surface area (Å²) in [5, 5.41) is 11.8. The van der Waals surface area contributed by atoms with Crippen LogP contribution >= 0.6 is 0 Å². The van der Waals surface area contributed by atoms with Crippen molar-refractivity contribution in [1.29, 1.82) is 0 Å². The maximum Gasteiger partial charge on any atom is 0.303 e. The number of carboxylic acid groups (broad SMARTS) is 1. The molecule has 4 heteroatoms. The molecule has 0 aliphatic heterocycles. The van der Waals surface area contributed by atoms with Gasteiger partial charge in [-0.25, -0.2) is 0 Å². The molecule has 0 aromatic heterocycles. The Balaban J connectivity index is 2.33. The quantitative estimate of drug-likeness (QED) is 0.796. The Morgan fingerprint density at radius 3 is 2.12 bits per heavy atom. The molecule has 0 aromatic rings. The fraction of sp³-hybridized carbons (Fsp3) is 0.846. The van der Waals surface area contributed by atoms with Crippen molar-refractivity contribution < 1.29 is 14.7 Å². The van der Waals surface area contributed by atoms with E-state index in [1.165, 1.54) is 0 Å². The van der Waals surface area contributed by atoms with Crippen LogP contribution in [0.15, 0.2) is 0 Å². The van der Waals surface area contributed by atoms with Gasteiger partial charge in [-0.2, -0.15) is 0 Å². The molecule has 1 rings (SSSR count). The Morgan fingerprint density at radius 2 is 1.71 bits per heavy atom. The van der Waals surface area contributed by atoms with Crippen molar-refractivity contribution in [3.8, 4) is 0 Å². The van der Waals surface area contributed by atoms with E-state index in [4.69, 9.17) is 5.11 Å². The van der Waals surface area contributed by atoms with Crippen LogP contribution in [-0.4, -0.2) is 23.0 Å². The molecule has 0 atom stereocenters. The molecule has 17 heavy (non-hydrogen) atoms. The van der Waals surface area contributed by atoms with Gasteiger partial charge >= 0.3 is 5.97 Å². The molecule has 0 radical (unpaired) electrons. The number of carbonyl (C=O) groups excluding carboxylic acids is 1. The van der Waals surface area contributed by atoms with Crippen LogP contribution in [-0.2, 0) is 9.59 Å². The van der Waals surface area contributed by atoms with Crippen LogP contribution in [0.5, 0.6) is 0 Å². The topological polar surface area (TPSA) is 66.4 Å². The van der Waals surface area contributed by atoms with E-state index < -0.39 is 5.97 Å². The first-order valence-electron chi connectivity index (χ1n) is 6.32. The van der Waals surface area contributed by atoms with Gasteiger partial charge in [0, 0.05) is 17.9 Å². The average Bonchev–Trinajstić information content (AvgIpc) is 2.18. The molecule has 0 unspecified atom stereocenters. The normalized spacial score (nSPS) is 25.4. The van der Waals surface area contributed by atoms with E-state index in [0.29, 0.717) is 0 Å². The van der Waals surface area contributed by atoms with Crippen LogP contribution in [0.25, 0.3) is 0 Å². The summed E-state index contributed by atoms with van der Waals surface area (Å²) in [6.45, 7) is 5.70. The highest BCUT2D eigenvalue weighted by atomic mass is 16.4. The highest BCUT2D eigenvalue weighted by Crippen LogP contribution is 2.27. The average molecular weight is 241 g/mol. The first-order chi connectivity index (χ1) is 7.79. The van der Waals surface area contributed by atoms with Crippen LogP contribution in [0.2, 0.25) is 0 Å². The zero-order valence-corrected chi connectivity index (χ0v) is 11.0. The SMILES string of the molecule is CC(C)(C)C(=O)NC1CCC(CC(=O)O)CC1. The number of carboxylic acids is 1. The van der Waals surface area contributed by atoms with E-state index in [9.17, 15) is 9.59 Å². The number of carbonyl (C=O) groups is 2. The van der Waals surface area contributed by atoms with Crippen molar-refractivity contribution in [2.75, 3.05) is 0 Å². The van der Waals surface area contributed by atoms with Crippen LogP contribution < -0.4 is 5.32 Å². The van der Waals surface area contributed by atoms with Crippen molar-refractivity contribution in [3.63, 3.8) is 0 Å². The third kappa shape index (κ3) is 4.75. The van der Waals surface area contributed by atoms with Gasteiger partial charge in [-0.3, -0.25) is 9.59 Å². The number of hydrogen-bond acceptors (Lipinski definition) is 2. The maximum absolute atomic E-state index is 11.8. The number of nitrogens with one attached hydrogen (secondary N) is 1. The molecule has 0 aromatic carbocycles. The van der Waals surface area contributed by atoms with Crippen molar-refractivity contribution in [2.45, 2.75) is 58.9 Å². The summed E-state index contributed by atoms with van der Waals surface area (Å²) in [6.07, 6.45) is 3.88. The van der Waals surface area contributed by atoms with E-state index >= 15 is 0 Å². The summed E-state index contributed by atoms with van der Waals surface area (Å²) in [7, 11) is 0. The van der Waals surface area contributed by atoms with Crippen molar-refractivity contribution in [3.05, 3.63) is 0 Å². The summed E-state index contributed by atoms with van der Waals surface area (Å²) >= 11 is 0. The summed E-state index contributed by atoms with van der Waals surface area (Å²) < 4.78 is 0. The predicted molar refractivity (Wildman–Crippen MR) is 65.6 cm³/mol. The standard InChI is InChI=1S/C13H23NO3/c1-13(2,3)12(17)14-10-6-4-9(5-7-10)8-11(15)16/h9-10H,4-8H2,1-3H3,(H,14,17)(H,15,16). The van der Waals surface area contributed by atoms with Crippen molar-refractivity contribution in [2.24, 2.45) is 11.3 Å². The monoisotopic (exact) mass is 241 g/mol. The van der Waals surface area contributed by atoms with Gasteiger partial charge in [0.2, 0.25) is 5.91 Å². The third-order valence-corrected chi connectivity index (χ3v) is 3.33. The molecule has 2 N–H and O–H groups in total. The molecule has 0 saturated heterocycles. The lowest BCUT2D eigenvalue weighted by atomic mass is 9.83. The smallest absolute Gasteiger partial charge is 0.303 e. The van der Waals surface area contributed by atoms with E-state index in [1.54, 1.807) is 0 Å². The molecule has 1 aliphatic carbocycles. The lowest BCUT2D eigenvalue weighted by Gasteiger charge is -2.30. The van der Waals surface area contributed by atoms with Gasteiger partial charge in [-0.15, -0.1) is 0 Å². The van der Waals surface area contributed by atoms with Gasteiger partial charge in [-0.05, 0) is 31.6 Å². The highest BCUT2D eigenvalue weighted by molar-refractivity contribution is 5.81. The fourth-order valence-corrected chi connectivity index (χ4v) is 2.16. The summed E-state index contributed by atoms with van der Waals surface area (Å²) in [4.78, 5) is 22.4. The second-order valence-electron chi connectivity index (χ2n) is 6.04. The molecule has 1 aliphatic rings. The second kappa shape index (κ2) is 5.52. The van der Waals surface area contributed by atoms with Gasteiger partial charge in [0.15, 0.2) is 0 Å². The van der Waals surface area contributed by atoms with Crippen LogP contribution in [0.4, 0.5) is 0 Å². The van der Waals surface area contributed by atoms with Gasteiger partial charge in [0.05, 0.1) is 0 Å². The van der Waals surface area contributed by atoms with Crippen molar-refractivity contribution in [1.82, 2.24) is 5.32 Å². The minimum atomic E-state index is -0.716. The Kier molecular flexibility index (Phi) is 4.54. The van der Waals surface area contributed by atoms with E-state index in [0.717, 1.165) is 25.7 Å². The molecule has 0 spiro atoms. The van der Waals surface area contributed by atoms with Gasteiger partial charge in [0.25, 0.3) is 0 Å². The molecule has 1 fully saturated rings. The highest BCUT2D eigenvalue weighted by Gasteiger charge is 2.27. The molecule has 1 saturated carbocycles. The number of rotatable bonds is 3. The van der Waals surface area contributed by atoms with Crippen LogP contribution in [0, 0.1) is 11.3 Å². The van der Waals surface area contributed by atoms with Crippen molar-refractivity contribution >= 4 is 11.9 Å². The minimum Gasteiger partial charge on any atom is -0.481 e. The third-order valence-electron chi connectivity index (χ3n) is 3.33. The van der Waals surface area contributed by atoms with E-state index in [1.807, 2.05) is 20.8 Å². The predicted octanol–water partition coefficient (Wildman–Crippen LogP) is 2.18. The Hall–Kier alpha value is -1.06. The largest absolute Gasteiger partial charge is 0.481 e. The molecule has 98 valence electrons. The van der Waals surface area contributed by atoms with Gasteiger partial charge < -0.3 is 10.4 Å². The molecule has 1 amide bonds. The maximum atomic E-state index is 11.8. The van der Waals surface area contributed by atoms with Crippen LogP contribution in [0.1, 0.15) is 52.9 Å². The van der Waals surface area contributed by atoms with Gasteiger partial charge in [0.1, 0.15) is 0 Å². The first-order valence-corrected chi connectivity index (χ1v) is 6.32. The number of amides is 1. The zero-order chi connectivity index (χ0) is 13.1. The number of aliphatic carboxylic acids is 1. The Morgan fingerprint density at radius 1 is 1.18 bits per heavy atom. The lowest BCUT2D eigenvalue weighted by molar-refractivity contribution is -0.138. The Bertz CT molecular complexity index is 286. The first kappa shape index (κ1) is 14.0. The van der Waals surface area contributed by atoms with Crippen LogP contribution in [0.3, 0.4) is 0 Å².